The Morgan fingerprint density at radius 3 is 2.55 bits per heavy atom. The maximum Gasteiger partial charge on any atom is 0.254 e. The van der Waals surface area contributed by atoms with E-state index in [9.17, 15) is 13.6 Å². The molecule has 1 aromatic carbocycles. The highest BCUT2D eigenvalue weighted by molar-refractivity contribution is 5.98. The summed E-state index contributed by atoms with van der Waals surface area (Å²) < 4.78 is 29.0. The molecule has 174 valence electrons. The van der Waals surface area contributed by atoms with Gasteiger partial charge in [-0.05, 0) is 55.7 Å². The fourth-order valence-corrected chi connectivity index (χ4v) is 4.18. The van der Waals surface area contributed by atoms with Crippen LogP contribution in [0.25, 0.3) is 0 Å². The fraction of sp³-hybridized carbons (Fsp3) is 0.348. The number of nitrogens with two attached hydrogens (primary N) is 2. The summed E-state index contributed by atoms with van der Waals surface area (Å²) in [6.07, 6.45) is 4.46. The Hall–Kier alpha value is -3.37. The molecule has 1 aliphatic rings. The van der Waals surface area contributed by atoms with Crippen molar-refractivity contribution >= 4 is 17.4 Å². The summed E-state index contributed by atoms with van der Waals surface area (Å²) in [5.74, 6) is -1.16. The molecule has 1 amide bonds. The first kappa shape index (κ1) is 22.8. The monoisotopic (exact) mass is 455 g/mol. The van der Waals surface area contributed by atoms with E-state index < -0.39 is 17.4 Å². The lowest BCUT2D eigenvalue weighted by atomic mass is 9.87. The van der Waals surface area contributed by atoms with Gasteiger partial charge in [0.25, 0.3) is 5.91 Å². The zero-order valence-electron chi connectivity index (χ0n) is 18.4. The predicted octanol–water partition coefficient (Wildman–Crippen LogP) is 2.66. The Kier molecular flexibility index (Phi) is 6.39. The summed E-state index contributed by atoms with van der Waals surface area (Å²) >= 11 is 0. The standard InChI is InChI=1S/C23H27F2N7O/c1-15-10-16(20(25)28-11-15)12-31-8-6-23(14-26,7-9-31)32-13-19(21(27)33)22(30-32)29-18-4-2-17(24)3-5-18/h2-5,10-11,13H,6-9,12,14,26H2,1H3,(H2,27,33)(H,29,30). The van der Waals surface area contributed by atoms with Crippen LogP contribution in [-0.4, -0.2) is 45.2 Å². The SMILES string of the molecule is Cc1cnc(F)c(CN2CCC(CN)(n3cc(C(N)=O)c(Nc4ccc(F)cc4)n3)CC2)c1. The van der Waals surface area contributed by atoms with Crippen LogP contribution < -0.4 is 16.8 Å². The number of aromatic nitrogens is 3. The Morgan fingerprint density at radius 1 is 1.21 bits per heavy atom. The molecule has 4 rings (SSSR count). The minimum absolute atomic E-state index is 0.225. The molecule has 8 nitrogen and oxygen atoms in total. The third kappa shape index (κ3) is 4.86. The smallest absolute Gasteiger partial charge is 0.254 e. The Labute approximate surface area is 190 Å². The molecule has 0 spiro atoms. The minimum Gasteiger partial charge on any atom is -0.365 e. The number of nitrogens with one attached hydrogen (secondary N) is 1. The summed E-state index contributed by atoms with van der Waals surface area (Å²) in [4.78, 5) is 18.0. The quantitative estimate of drug-likeness (QED) is 0.472. The van der Waals surface area contributed by atoms with E-state index in [1.165, 1.54) is 18.3 Å². The molecule has 0 atom stereocenters. The summed E-state index contributed by atoms with van der Waals surface area (Å²) in [6.45, 7) is 4.02. The molecular weight excluding hydrogens is 428 g/mol. The third-order valence-corrected chi connectivity index (χ3v) is 6.18. The highest BCUT2D eigenvalue weighted by Crippen LogP contribution is 2.32. The lowest BCUT2D eigenvalue weighted by Gasteiger charge is -2.41. The molecule has 1 aliphatic heterocycles. The number of nitrogens with zero attached hydrogens (tertiary/aromatic N) is 4. The van der Waals surface area contributed by atoms with Gasteiger partial charge in [-0.2, -0.15) is 9.49 Å². The Morgan fingerprint density at radius 2 is 1.91 bits per heavy atom. The molecule has 0 bridgehead atoms. The van der Waals surface area contributed by atoms with Gasteiger partial charge in [-0.15, -0.1) is 0 Å². The second kappa shape index (κ2) is 9.24. The number of benzene rings is 1. The van der Waals surface area contributed by atoms with Crippen molar-refractivity contribution in [3.8, 4) is 0 Å². The first-order valence-electron chi connectivity index (χ1n) is 10.8. The highest BCUT2D eigenvalue weighted by atomic mass is 19.1. The number of carbonyl (C=O) groups is 1. The van der Waals surface area contributed by atoms with E-state index in [0.717, 1.165) is 5.56 Å². The topological polar surface area (TPSA) is 115 Å². The van der Waals surface area contributed by atoms with Gasteiger partial charge in [-0.3, -0.25) is 14.4 Å². The number of amides is 1. The molecule has 3 heterocycles. The van der Waals surface area contributed by atoms with Crippen molar-refractivity contribution < 1.29 is 13.6 Å². The van der Waals surface area contributed by atoms with Crippen molar-refractivity contribution in [2.24, 2.45) is 11.5 Å². The Balaban J connectivity index is 1.53. The molecule has 3 aromatic rings. The second-order valence-corrected chi connectivity index (χ2v) is 8.50. The second-order valence-electron chi connectivity index (χ2n) is 8.50. The number of rotatable bonds is 7. The van der Waals surface area contributed by atoms with Crippen LogP contribution in [0.15, 0.2) is 42.7 Å². The van der Waals surface area contributed by atoms with E-state index >= 15 is 0 Å². The fourth-order valence-electron chi connectivity index (χ4n) is 4.18. The van der Waals surface area contributed by atoms with Crippen molar-refractivity contribution in [3.05, 3.63) is 71.2 Å². The van der Waals surface area contributed by atoms with Gasteiger partial charge in [0.2, 0.25) is 5.95 Å². The number of hydrogen-bond donors (Lipinski definition) is 3. The molecule has 1 saturated heterocycles. The number of aryl methyl sites for hydroxylation is 1. The Bertz CT molecular complexity index is 1140. The van der Waals surface area contributed by atoms with Gasteiger partial charge in [-0.1, -0.05) is 0 Å². The number of hydrogen-bond acceptors (Lipinski definition) is 6. The van der Waals surface area contributed by atoms with Gasteiger partial charge >= 0.3 is 0 Å². The van der Waals surface area contributed by atoms with Crippen LogP contribution in [-0.2, 0) is 12.1 Å². The zero-order valence-corrected chi connectivity index (χ0v) is 18.4. The van der Waals surface area contributed by atoms with Gasteiger partial charge in [0.15, 0.2) is 5.82 Å². The summed E-state index contributed by atoms with van der Waals surface area (Å²) in [6, 6.07) is 7.54. The number of piperidine rings is 1. The van der Waals surface area contributed by atoms with E-state index in [0.29, 0.717) is 50.3 Å². The largest absolute Gasteiger partial charge is 0.365 e. The lowest BCUT2D eigenvalue weighted by Crippen LogP contribution is -2.50. The van der Waals surface area contributed by atoms with Crippen LogP contribution in [0.2, 0.25) is 0 Å². The van der Waals surface area contributed by atoms with Gasteiger partial charge < -0.3 is 16.8 Å². The minimum atomic E-state index is -0.627. The maximum absolute atomic E-state index is 14.1. The van der Waals surface area contributed by atoms with Gasteiger partial charge in [0.05, 0.1) is 5.54 Å². The van der Waals surface area contributed by atoms with Crippen molar-refractivity contribution in [1.82, 2.24) is 19.7 Å². The number of pyridine rings is 1. The molecule has 5 N–H and O–H groups in total. The van der Waals surface area contributed by atoms with Crippen molar-refractivity contribution in [3.63, 3.8) is 0 Å². The van der Waals surface area contributed by atoms with E-state index in [2.05, 4.69) is 20.3 Å². The van der Waals surface area contributed by atoms with Crippen LogP contribution in [0.4, 0.5) is 20.3 Å². The summed E-state index contributed by atoms with van der Waals surface area (Å²) in [5.41, 5.74) is 13.5. The van der Waals surface area contributed by atoms with Gasteiger partial charge in [0.1, 0.15) is 11.4 Å². The zero-order chi connectivity index (χ0) is 23.6. The summed E-state index contributed by atoms with van der Waals surface area (Å²) in [7, 11) is 0. The van der Waals surface area contributed by atoms with Crippen molar-refractivity contribution in [2.45, 2.75) is 31.8 Å². The van der Waals surface area contributed by atoms with E-state index in [1.807, 2.05) is 13.0 Å². The maximum atomic E-state index is 14.1. The van der Waals surface area contributed by atoms with E-state index in [1.54, 1.807) is 23.0 Å². The van der Waals surface area contributed by atoms with E-state index in [-0.39, 0.29) is 17.2 Å². The van der Waals surface area contributed by atoms with Gasteiger partial charge in [-0.25, -0.2) is 9.37 Å². The first-order chi connectivity index (χ1) is 15.8. The normalized spacial score (nSPS) is 16.0. The molecule has 0 radical (unpaired) electrons. The van der Waals surface area contributed by atoms with Crippen LogP contribution in [0.5, 0.6) is 0 Å². The molecule has 0 saturated carbocycles. The average molecular weight is 456 g/mol. The molecule has 0 aliphatic carbocycles. The molecule has 33 heavy (non-hydrogen) atoms. The number of anilines is 2. The number of halogens is 2. The number of primary amides is 1. The average Bonchev–Trinajstić information content (AvgIpc) is 3.23. The van der Waals surface area contributed by atoms with Crippen molar-refractivity contribution in [2.75, 3.05) is 25.0 Å². The summed E-state index contributed by atoms with van der Waals surface area (Å²) in [5, 5.41) is 7.63. The molecule has 10 heteroatoms. The lowest BCUT2D eigenvalue weighted by molar-refractivity contribution is 0.0980. The van der Waals surface area contributed by atoms with Crippen LogP contribution >= 0.6 is 0 Å². The number of carbonyl (C=O) groups excluding carboxylic acids is 1. The van der Waals surface area contributed by atoms with Crippen LogP contribution in [0.3, 0.4) is 0 Å². The molecule has 1 fully saturated rings. The van der Waals surface area contributed by atoms with E-state index in [4.69, 9.17) is 11.5 Å². The molecule has 0 unspecified atom stereocenters. The van der Waals surface area contributed by atoms with Crippen molar-refractivity contribution in [1.29, 1.82) is 0 Å². The predicted molar refractivity (Wildman–Crippen MR) is 121 cm³/mol. The first-order valence-corrected chi connectivity index (χ1v) is 10.8. The highest BCUT2D eigenvalue weighted by Gasteiger charge is 2.37. The molecular formula is C23H27F2N7O. The van der Waals surface area contributed by atoms with Crippen LogP contribution in [0.1, 0.15) is 34.3 Å². The van der Waals surface area contributed by atoms with Gasteiger partial charge in [0, 0.05) is 49.8 Å². The van der Waals surface area contributed by atoms with Crippen LogP contribution in [0, 0.1) is 18.7 Å². The molecule has 2 aromatic heterocycles. The number of likely N-dealkylation sites (tertiary alicyclic amines) is 1. The third-order valence-electron chi connectivity index (χ3n) is 6.18.